The van der Waals surface area contributed by atoms with Crippen LogP contribution in [0.1, 0.15) is 40.5 Å². The zero-order chi connectivity index (χ0) is 14.3. The zero-order valence-electron chi connectivity index (χ0n) is 13.0. The van der Waals surface area contributed by atoms with Gasteiger partial charge in [0.2, 0.25) is 5.91 Å². The number of nitrogens with one attached hydrogen (secondary N) is 2. The zero-order valence-corrected chi connectivity index (χ0v) is 13.0. The van der Waals surface area contributed by atoms with Crippen molar-refractivity contribution in [2.45, 2.75) is 46.6 Å². The molecule has 1 atom stereocenters. The number of amides is 1. The highest BCUT2D eigenvalue weighted by Gasteiger charge is 2.19. The Hall–Kier alpha value is -0.610. The van der Waals surface area contributed by atoms with E-state index in [0.29, 0.717) is 5.92 Å². The van der Waals surface area contributed by atoms with E-state index >= 15 is 0 Å². The summed E-state index contributed by atoms with van der Waals surface area (Å²) in [5, 5.41) is 6.35. The van der Waals surface area contributed by atoms with Crippen LogP contribution in [0.2, 0.25) is 0 Å². The summed E-state index contributed by atoms with van der Waals surface area (Å²) in [6.45, 7) is 13.7. The summed E-state index contributed by atoms with van der Waals surface area (Å²) in [6, 6.07) is -0.0806. The molecule has 0 aromatic heterocycles. The second kappa shape index (κ2) is 8.54. The van der Waals surface area contributed by atoms with Crippen LogP contribution in [-0.2, 0) is 4.79 Å². The van der Waals surface area contributed by atoms with Gasteiger partial charge in [-0.05, 0) is 57.8 Å². The summed E-state index contributed by atoms with van der Waals surface area (Å²) in [5.41, 5.74) is 0. The first-order valence-electron chi connectivity index (χ1n) is 7.76. The van der Waals surface area contributed by atoms with Gasteiger partial charge in [-0.3, -0.25) is 4.79 Å². The molecular formula is C15H31N3O. The number of nitrogens with zero attached hydrogens (tertiary/aromatic N) is 1. The SMILES string of the molecule is CCN1CCC(CNC(C)C(=O)NCC(C)C)CC1. The Morgan fingerprint density at radius 3 is 2.42 bits per heavy atom. The predicted molar refractivity (Wildman–Crippen MR) is 80.2 cm³/mol. The Morgan fingerprint density at radius 2 is 1.89 bits per heavy atom. The normalized spacial score (nSPS) is 19.6. The average molecular weight is 269 g/mol. The smallest absolute Gasteiger partial charge is 0.236 e. The molecule has 1 unspecified atom stereocenters. The summed E-state index contributed by atoms with van der Waals surface area (Å²) >= 11 is 0. The molecule has 0 spiro atoms. The highest BCUT2D eigenvalue weighted by molar-refractivity contribution is 5.81. The first-order chi connectivity index (χ1) is 9.02. The van der Waals surface area contributed by atoms with Crippen molar-refractivity contribution in [3.63, 3.8) is 0 Å². The van der Waals surface area contributed by atoms with Crippen LogP contribution in [-0.4, -0.2) is 49.6 Å². The molecule has 1 fully saturated rings. The Labute approximate surface area is 118 Å². The first-order valence-corrected chi connectivity index (χ1v) is 7.76. The van der Waals surface area contributed by atoms with Crippen LogP contribution < -0.4 is 10.6 Å². The molecule has 0 aromatic rings. The molecule has 19 heavy (non-hydrogen) atoms. The number of hydrogen-bond acceptors (Lipinski definition) is 3. The lowest BCUT2D eigenvalue weighted by atomic mass is 9.96. The van der Waals surface area contributed by atoms with E-state index in [1.54, 1.807) is 0 Å². The van der Waals surface area contributed by atoms with Crippen molar-refractivity contribution >= 4 is 5.91 Å². The van der Waals surface area contributed by atoms with E-state index < -0.39 is 0 Å². The number of carbonyl (C=O) groups is 1. The van der Waals surface area contributed by atoms with Crippen LogP contribution in [0.25, 0.3) is 0 Å². The number of likely N-dealkylation sites (tertiary alicyclic amines) is 1. The summed E-state index contributed by atoms with van der Waals surface area (Å²) in [5.74, 6) is 1.36. The number of rotatable bonds is 7. The third kappa shape index (κ3) is 6.39. The van der Waals surface area contributed by atoms with Gasteiger partial charge in [0, 0.05) is 6.54 Å². The molecule has 0 saturated carbocycles. The van der Waals surface area contributed by atoms with E-state index in [1.807, 2.05) is 6.92 Å². The number of carbonyl (C=O) groups excluding carboxylic acids is 1. The molecule has 0 bridgehead atoms. The highest BCUT2D eigenvalue weighted by atomic mass is 16.2. The fraction of sp³-hybridized carbons (Fsp3) is 0.933. The lowest BCUT2D eigenvalue weighted by Gasteiger charge is -2.31. The van der Waals surface area contributed by atoms with E-state index in [1.165, 1.54) is 25.9 Å². The lowest BCUT2D eigenvalue weighted by Crippen LogP contribution is -2.46. The Kier molecular flexibility index (Phi) is 7.39. The van der Waals surface area contributed by atoms with Crippen LogP contribution >= 0.6 is 0 Å². The minimum absolute atomic E-state index is 0.0806. The molecule has 0 radical (unpaired) electrons. The molecule has 1 rings (SSSR count). The van der Waals surface area contributed by atoms with Crippen molar-refractivity contribution in [1.82, 2.24) is 15.5 Å². The van der Waals surface area contributed by atoms with Crippen LogP contribution in [0.15, 0.2) is 0 Å². The summed E-state index contributed by atoms with van der Waals surface area (Å²) in [7, 11) is 0. The lowest BCUT2D eigenvalue weighted by molar-refractivity contribution is -0.122. The van der Waals surface area contributed by atoms with Gasteiger partial charge in [-0.1, -0.05) is 20.8 Å². The van der Waals surface area contributed by atoms with Gasteiger partial charge in [0.05, 0.1) is 6.04 Å². The number of piperidine rings is 1. The molecule has 112 valence electrons. The second-order valence-corrected chi connectivity index (χ2v) is 6.15. The Bertz CT molecular complexity index is 260. The van der Waals surface area contributed by atoms with Crippen LogP contribution in [0.3, 0.4) is 0 Å². The van der Waals surface area contributed by atoms with Gasteiger partial charge in [-0.2, -0.15) is 0 Å². The molecule has 1 aliphatic rings. The van der Waals surface area contributed by atoms with Gasteiger partial charge < -0.3 is 15.5 Å². The standard InChI is InChI=1S/C15H31N3O/c1-5-18-8-6-14(7-9-18)11-16-13(4)15(19)17-10-12(2)3/h12-14,16H,5-11H2,1-4H3,(H,17,19). The maximum Gasteiger partial charge on any atom is 0.236 e. The van der Waals surface area contributed by atoms with Crippen molar-refractivity contribution in [1.29, 1.82) is 0 Å². The Morgan fingerprint density at radius 1 is 1.26 bits per heavy atom. The van der Waals surface area contributed by atoms with Crippen LogP contribution in [0.4, 0.5) is 0 Å². The predicted octanol–water partition coefficient (Wildman–Crippen LogP) is 1.47. The molecule has 1 aliphatic heterocycles. The molecule has 1 saturated heterocycles. The summed E-state index contributed by atoms with van der Waals surface area (Å²) < 4.78 is 0. The fourth-order valence-electron chi connectivity index (χ4n) is 2.40. The van der Waals surface area contributed by atoms with Crippen molar-refractivity contribution in [3.05, 3.63) is 0 Å². The van der Waals surface area contributed by atoms with Crippen molar-refractivity contribution in [3.8, 4) is 0 Å². The molecule has 2 N–H and O–H groups in total. The summed E-state index contributed by atoms with van der Waals surface area (Å²) in [6.07, 6.45) is 2.50. The molecule has 4 nitrogen and oxygen atoms in total. The van der Waals surface area contributed by atoms with Gasteiger partial charge in [0.1, 0.15) is 0 Å². The Balaban J connectivity index is 2.16. The monoisotopic (exact) mass is 269 g/mol. The summed E-state index contributed by atoms with van der Waals surface area (Å²) in [4.78, 5) is 14.3. The highest BCUT2D eigenvalue weighted by Crippen LogP contribution is 2.15. The topological polar surface area (TPSA) is 44.4 Å². The third-order valence-corrected chi connectivity index (χ3v) is 3.94. The van der Waals surface area contributed by atoms with Crippen molar-refractivity contribution in [2.24, 2.45) is 11.8 Å². The second-order valence-electron chi connectivity index (χ2n) is 6.15. The largest absolute Gasteiger partial charge is 0.354 e. The molecule has 0 aliphatic carbocycles. The number of hydrogen-bond donors (Lipinski definition) is 2. The van der Waals surface area contributed by atoms with E-state index in [0.717, 1.165) is 25.6 Å². The first kappa shape index (κ1) is 16.4. The van der Waals surface area contributed by atoms with Gasteiger partial charge in [0.25, 0.3) is 0 Å². The molecule has 0 aromatic carbocycles. The molecule has 1 amide bonds. The third-order valence-electron chi connectivity index (χ3n) is 3.94. The maximum absolute atomic E-state index is 11.8. The van der Waals surface area contributed by atoms with Gasteiger partial charge in [-0.25, -0.2) is 0 Å². The van der Waals surface area contributed by atoms with Crippen molar-refractivity contribution in [2.75, 3.05) is 32.7 Å². The van der Waals surface area contributed by atoms with E-state index in [2.05, 4.69) is 36.3 Å². The van der Waals surface area contributed by atoms with E-state index in [4.69, 9.17) is 0 Å². The van der Waals surface area contributed by atoms with Crippen LogP contribution in [0.5, 0.6) is 0 Å². The quantitative estimate of drug-likeness (QED) is 0.735. The van der Waals surface area contributed by atoms with Crippen LogP contribution in [0, 0.1) is 11.8 Å². The molecule has 1 heterocycles. The average Bonchev–Trinajstić information content (AvgIpc) is 2.42. The minimum atomic E-state index is -0.0806. The van der Waals surface area contributed by atoms with E-state index in [9.17, 15) is 4.79 Å². The van der Waals surface area contributed by atoms with Gasteiger partial charge >= 0.3 is 0 Å². The van der Waals surface area contributed by atoms with Gasteiger partial charge in [-0.15, -0.1) is 0 Å². The minimum Gasteiger partial charge on any atom is -0.354 e. The fourth-order valence-corrected chi connectivity index (χ4v) is 2.40. The molecular weight excluding hydrogens is 238 g/mol. The molecule has 4 heteroatoms. The maximum atomic E-state index is 11.8. The van der Waals surface area contributed by atoms with Crippen molar-refractivity contribution < 1.29 is 4.79 Å². The van der Waals surface area contributed by atoms with Gasteiger partial charge in [0.15, 0.2) is 0 Å². The van der Waals surface area contributed by atoms with E-state index in [-0.39, 0.29) is 11.9 Å².